The summed E-state index contributed by atoms with van der Waals surface area (Å²) in [5.41, 5.74) is 2.73. The first-order valence-electron chi connectivity index (χ1n) is 12.0. The number of hydrogen-bond donors (Lipinski definition) is 1. The second-order valence-corrected chi connectivity index (χ2v) is 9.84. The first kappa shape index (κ1) is 22.9. The van der Waals surface area contributed by atoms with Crippen LogP contribution in [-0.4, -0.2) is 51.9 Å². The molecule has 2 unspecified atom stereocenters. The molecule has 1 amide bonds. The number of nitrogens with zero attached hydrogens (tertiary/aromatic N) is 4. The second kappa shape index (κ2) is 10.1. The van der Waals surface area contributed by atoms with Gasteiger partial charge in [-0.1, -0.05) is 52.0 Å². The summed E-state index contributed by atoms with van der Waals surface area (Å²) >= 11 is 0. The second-order valence-electron chi connectivity index (χ2n) is 9.84. The van der Waals surface area contributed by atoms with Crippen molar-refractivity contribution in [3.63, 3.8) is 0 Å². The maximum atomic E-state index is 12.8. The number of fused-ring (bicyclic) bond motifs is 1. The van der Waals surface area contributed by atoms with Gasteiger partial charge in [-0.2, -0.15) is 0 Å². The summed E-state index contributed by atoms with van der Waals surface area (Å²) in [6.45, 7) is 13.6. The van der Waals surface area contributed by atoms with E-state index in [9.17, 15) is 4.79 Å². The molecule has 0 saturated carbocycles. The summed E-state index contributed by atoms with van der Waals surface area (Å²) in [6.07, 6.45) is 1.66. The van der Waals surface area contributed by atoms with Gasteiger partial charge in [0.15, 0.2) is 5.82 Å². The van der Waals surface area contributed by atoms with Crippen molar-refractivity contribution in [3.8, 4) is 0 Å². The topological polar surface area (TPSA) is 72.3 Å². The van der Waals surface area contributed by atoms with E-state index in [0.717, 1.165) is 50.7 Å². The lowest BCUT2D eigenvalue weighted by molar-refractivity contribution is -0.126. The van der Waals surface area contributed by atoms with Crippen LogP contribution in [0.25, 0.3) is 0 Å². The number of rotatable bonds is 7. The molecule has 2 aromatic rings. The predicted octanol–water partition coefficient (Wildman–Crippen LogP) is 3.31. The Bertz CT molecular complexity index is 900. The molecule has 2 aliphatic heterocycles. The minimum atomic E-state index is -0.139. The molecule has 7 heteroatoms. The van der Waals surface area contributed by atoms with Crippen molar-refractivity contribution in [3.05, 3.63) is 47.0 Å². The number of hydrogen-bond acceptors (Lipinski definition) is 5. The van der Waals surface area contributed by atoms with Gasteiger partial charge < -0.3 is 14.6 Å². The summed E-state index contributed by atoms with van der Waals surface area (Å²) in [5, 5.41) is 12.3. The van der Waals surface area contributed by atoms with Gasteiger partial charge in [-0.25, -0.2) is 0 Å². The third-order valence-electron chi connectivity index (χ3n) is 6.74. The Balaban J connectivity index is 1.43. The zero-order valence-electron chi connectivity index (χ0n) is 19.9. The molecule has 2 aliphatic rings. The molecule has 0 radical (unpaired) electrons. The quantitative estimate of drug-likeness (QED) is 0.717. The zero-order valence-corrected chi connectivity index (χ0v) is 19.9. The molecular formula is C25H37N5O2. The molecule has 1 fully saturated rings. The van der Waals surface area contributed by atoms with Gasteiger partial charge in [0.05, 0.1) is 18.6 Å². The van der Waals surface area contributed by atoms with Crippen LogP contribution >= 0.6 is 0 Å². The first-order chi connectivity index (χ1) is 15.4. The minimum absolute atomic E-state index is 0.0552. The highest BCUT2D eigenvalue weighted by Crippen LogP contribution is 2.24. The Morgan fingerprint density at radius 2 is 1.91 bits per heavy atom. The van der Waals surface area contributed by atoms with E-state index >= 15 is 0 Å². The third-order valence-corrected chi connectivity index (χ3v) is 6.74. The van der Waals surface area contributed by atoms with Crippen molar-refractivity contribution in [2.24, 2.45) is 11.8 Å². The summed E-state index contributed by atoms with van der Waals surface area (Å²) in [4.78, 5) is 15.2. The minimum Gasteiger partial charge on any atom is -0.381 e. The molecule has 1 N–H and O–H groups in total. The average molecular weight is 440 g/mol. The fourth-order valence-electron chi connectivity index (χ4n) is 4.59. The number of aromatic nitrogens is 3. The molecule has 2 atom stereocenters. The van der Waals surface area contributed by atoms with E-state index < -0.39 is 0 Å². The molecular weight excluding hydrogens is 402 g/mol. The average Bonchev–Trinajstić information content (AvgIpc) is 3.40. The number of carbonyl (C=O) groups excluding carboxylic acids is 1. The van der Waals surface area contributed by atoms with Gasteiger partial charge in [-0.05, 0) is 29.4 Å². The van der Waals surface area contributed by atoms with Crippen molar-refractivity contribution >= 4 is 5.91 Å². The lowest BCUT2D eigenvalue weighted by Gasteiger charge is -2.24. The monoisotopic (exact) mass is 439 g/mol. The van der Waals surface area contributed by atoms with Crippen LogP contribution < -0.4 is 5.32 Å². The highest BCUT2D eigenvalue weighted by atomic mass is 16.5. The van der Waals surface area contributed by atoms with Gasteiger partial charge in [0, 0.05) is 39.2 Å². The summed E-state index contributed by atoms with van der Waals surface area (Å²) < 4.78 is 7.63. The Hall–Kier alpha value is -2.25. The zero-order chi connectivity index (χ0) is 22.7. The molecule has 7 nitrogen and oxygen atoms in total. The fourth-order valence-corrected chi connectivity index (χ4v) is 4.59. The van der Waals surface area contributed by atoms with Crippen LogP contribution in [0.5, 0.6) is 0 Å². The molecule has 1 saturated heterocycles. The molecule has 4 rings (SSSR count). The van der Waals surface area contributed by atoms with E-state index in [1.54, 1.807) is 0 Å². The van der Waals surface area contributed by atoms with Crippen molar-refractivity contribution in [2.75, 3.05) is 26.3 Å². The maximum absolute atomic E-state index is 12.8. The van der Waals surface area contributed by atoms with E-state index in [-0.39, 0.29) is 23.8 Å². The van der Waals surface area contributed by atoms with Crippen LogP contribution in [0.3, 0.4) is 0 Å². The largest absolute Gasteiger partial charge is 0.381 e. The summed E-state index contributed by atoms with van der Waals surface area (Å²) in [6, 6.07) is 8.86. The van der Waals surface area contributed by atoms with Gasteiger partial charge >= 0.3 is 0 Å². The van der Waals surface area contributed by atoms with Crippen molar-refractivity contribution < 1.29 is 9.53 Å². The Morgan fingerprint density at radius 3 is 2.56 bits per heavy atom. The van der Waals surface area contributed by atoms with Crippen molar-refractivity contribution in [1.29, 1.82) is 0 Å². The van der Waals surface area contributed by atoms with Crippen LogP contribution in [0.4, 0.5) is 0 Å². The van der Waals surface area contributed by atoms with E-state index in [2.05, 4.69) is 76.9 Å². The normalized spacial score (nSPS) is 20.4. The molecule has 0 spiro atoms. The number of ether oxygens (including phenoxy) is 1. The molecule has 174 valence electrons. The van der Waals surface area contributed by atoms with Gasteiger partial charge in [0.25, 0.3) is 0 Å². The van der Waals surface area contributed by atoms with Gasteiger partial charge in [-0.15, -0.1) is 10.2 Å². The third kappa shape index (κ3) is 5.21. The van der Waals surface area contributed by atoms with E-state index in [4.69, 9.17) is 4.74 Å². The predicted molar refractivity (Wildman–Crippen MR) is 124 cm³/mol. The van der Waals surface area contributed by atoms with Crippen LogP contribution in [-0.2, 0) is 29.0 Å². The highest BCUT2D eigenvalue weighted by Gasteiger charge is 2.31. The smallest absolute Gasteiger partial charge is 0.226 e. The number of carbonyl (C=O) groups is 1. The number of amides is 1. The Kier molecular flexibility index (Phi) is 7.26. The number of nitrogens with one attached hydrogen (secondary N) is 1. The fraction of sp³-hybridized carbons (Fsp3) is 0.640. The van der Waals surface area contributed by atoms with Crippen LogP contribution in [0.2, 0.25) is 0 Å². The van der Waals surface area contributed by atoms with Crippen LogP contribution in [0.1, 0.15) is 68.9 Å². The Morgan fingerprint density at radius 1 is 1.12 bits per heavy atom. The van der Waals surface area contributed by atoms with Crippen molar-refractivity contribution in [2.45, 2.75) is 65.6 Å². The molecule has 32 heavy (non-hydrogen) atoms. The Labute approximate surface area is 191 Å². The van der Waals surface area contributed by atoms with Gasteiger partial charge in [-0.3, -0.25) is 9.69 Å². The molecule has 3 heterocycles. The van der Waals surface area contributed by atoms with Crippen LogP contribution in [0, 0.1) is 11.8 Å². The van der Waals surface area contributed by atoms with Gasteiger partial charge in [0.1, 0.15) is 5.82 Å². The highest BCUT2D eigenvalue weighted by molar-refractivity contribution is 5.79. The lowest BCUT2D eigenvalue weighted by Crippen LogP contribution is -2.38. The molecule has 1 aromatic heterocycles. The van der Waals surface area contributed by atoms with Crippen LogP contribution in [0.15, 0.2) is 24.3 Å². The molecule has 1 aromatic carbocycles. The lowest BCUT2D eigenvalue weighted by atomic mass is 10.0. The van der Waals surface area contributed by atoms with Gasteiger partial charge in [0.2, 0.25) is 5.91 Å². The maximum Gasteiger partial charge on any atom is 0.226 e. The van der Waals surface area contributed by atoms with E-state index in [1.807, 2.05) is 0 Å². The number of benzene rings is 1. The SMILES string of the molecule is CC(C)c1ccc(CN2CCc3nnc(C(NC(=O)C4CCOC4)C(C)C)n3CC2)cc1. The molecule has 0 aliphatic carbocycles. The summed E-state index contributed by atoms with van der Waals surface area (Å²) in [7, 11) is 0. The summed E-state index contributed by atoms with van der Waals surface area (Å²) in [5.74, 6) is 2.69. The van der Waals surface area contributed by atoms with Crippen molar-refractivity contribution in [1.82, 2.24) is 25.0 Å². The van der Waals surface area contributed by atoms with E-state index in [1.165, 1.54) is 11.1 Å². The standard InChI is InChI=1S/C25H37N5O2/c1-17(2)20-7-5-19(6-8-20)15-29-11-9-22-27-28-24(30(22)13-12-29)23(18(3)4)26-25(31)21-10-14-32-16-21/h5-8,17-18,21,23H,9-16H2,1-4H3,(H,26,31). The van der Waals surface area contributed by atoms with E-state index in [0.29, 0.717) is 19.1 Å². The first-order valence-corrected chi connectivity index (χ1v) is 12.0. The molecule has 0 bridgehead atoms.